The summed E-state index contributed by atoms with van der Waals surface area (Å²) >= 11 is 0. The van der Waals surface area contributed by atoms with Gasteiger partial charge >= 0.3 is 0 Å². The van der Waals surface area contributed by atoms with Crippen molar-refractivity contribution >= 4 is 16.8 Å². The fourth-order valence-corrected chi connectivity index (χ4v) is 2.66. The monoisotopic (exact) mass is 253 g/mol. The number of rotatable bonds is 2. The first-order valence-corrected chi connectivity index (χ1v) is 6.46. The van der Waals surface area contributed by atoms with Crippen LogP contribution in [0.5, 0.6) is 0 Å². The van der Waals surface area contributed by atoms with Crippen molar-refractivity contribution in [3.63, 3.8) is 0 Å². The molecule has 0 aliphatic heterocycles. The lowest BCUT2D eigenvalue weighted by atomic mass is 9.65. The van der Waals surface area contributed by atoms with E-state index in [-0.39, 0.29) is 5.78 Å². The summed E-state index contributed by atoms with van der Waals surface area (Å²) in [6.45, 7) is 1.93. The van der Waals surface area contributed by atoms with Gasteiger partial charge in [0.25, 0.3) is 0 Å². The first-order valence-electron chi connectivity index (χ1n) is 6.46. The summed E-state index contributed by atoms with van der Waals surface area (Å²) in [5.74, 6) is 0.865. The molecule has 0 spiro atoms. The number of ketones is 1. The lowest BCUT2D eigenvalue weighted by Crippen LogP contribution is -2.36. The number of imidazole rings is 1. The van der Waals surface area contributed by atoms with Gasteiger partial charge in [0.05, 0.1) is 17.1 Å². The minimum absolute atomic E-state index is 0.0496. The van der Waals surface area contributed by atoms with Crippen molar-refractivity contribution in [2.75, 3.05) is 0 Å². The Labute approximate surface area is 111 Å². The van der Waals surface area contributed by atoms with Crippen LogP contribution in [0, 0.1) is 23.7 Å². The van der Waals surface area contributed by atoms with Gasteiger partial charge in [0, 0.05) is 12.6 Å². The minimum atomic E-state index is -0.780. The Morgan fingerprint density at radius 1 is 1.47 bits per heavy atom. The molecule has 1 aliphatic carbocycles. The molecule has 0 unspecified atom stereocenters. The van der Waals surface area contributed by atoms with E-state index in [1.165, 1.54) is 0 Å². The van der Waals surface area contributed by atoms with Crippen molar-refractivity contribution in [3.05, 3.63) is 29.6 Å². The summed E-state index contributed by atoms with van der Waals surface area (Å²) in [5, 5.41) is 9.24. The fraction of sp³-hybridized carbons (Fsp3) is 0.400. The maximum Gasteiger partial charge on any atom is 0.183 e. The van der Waals surface area contributed by atoms with Crippen LogP contribution in [-0.4, -0.2) is 15.3 Å². The molecule has 0 bridgehead atoms. The van der Waals surface area contributed by atoms with E-state index in [9.17, 15) is 10.1 Å². The zero-order valence-corrected chi connectivity index (χ0v) is 11.1. The highest BCUT2D eigenvalue weighted by atomic mass is 16.1. The molecule has 0 atom stereocenters. The second kappa shape index (κ2) is 3.92. The van der Waals surface area contributed by atoms with Crippen molar-refractivity contribution in [2.45, 2.75) is 26.2 Å². The Hall–Kier alpha value is -2.15. The van der Waals surface area contributed by atoms with Crippen molar-refractivity contribution in [1.82, 2.24) is 9.55 Å². The molecule has 4 heteroatoms. The van der Waals surface area contributed by atoms with Crippen LogP contribution in [0.15, 0.2) is 18.2 Å². The average Bonchev–Trinajstić information content (AvgIpc) is 2.64. The average molecular weight is 253 g/mol. The highest BCUT2D eigenvalue weighted by molar-refractivity contribution is 6.04. The van der Waals surface area contributed by atoms with E-state index in [1.807, 2.05) is 36.7 Å². The third-order valence-electron chi connectivity index (χ3n) is 4.22. The van der Waals surface area contributed by atoms with E-state index in [0.29, 0.717) is 18.4 Å². The Kier molecular flexibility index (Phi) is 2.46. The van der Waals surface area contributed by atoms with Crippen molar-refractivity contribution in [1.29, 1.82) is 5.26 Å². The number of carbonyl (C=O) groups is 1. The van der Waals surface area contributed by atoms with E-state index in [4.69, 9.17) is 0 Å². The molecule has 1 saturated carbocycles. The SMILES string of the molecule is Cc1nc2cc(C(=O)C3(C#N)CCC3)ccc2n1C. The van der Waals surface area contributed by atoms with E-state index >= 15 is 0 Å². The summed E-state index contributed by atoms with van der Waals surface area (Å²) in [4.78, 5) is 16.9. The predicted octanol–water partition coefficient (Wildman–Crippen LogP) is 2.76. The molecule has 4 nitrogen and oxygen atoms in total. The summed E-state index contributed by atoms with van der Waals surface area (Å²) in [7, 11) is 1.95. The molecule has 1 heterocycles. The molecule has 0 saturated heterocycles. The molecule has 96 valence electrons. The van der Waals surface area contributed by atoms with Crippen LogP contribution in [0.25, 0.3) is 11.0 Å². The smallest absolute Gasteiger partial charge is 0.183 e. The lowest BCUT2D eigenvalue weighted by molar-refractivity contribution is 0.0748. The predicted molar refractivity (Wildman–Crippen MR) is 71.7 cm³/mol. The lowest BCUT2D eigenvalue weighted by Gasteiger charge is -2.33. The van der Waals surface area contributed by atoms with E-state index in [1.54, 1.807) is 0 Å². The summed E-state index contributed by atoms with van der Waals surface area (Å²) in [5.41, 5.74) is 1.65. The molecule has 1 aromatic heterocycles. The summed E-state index contributed by atoms with van der Waals surface area (Å²) in [6, 6.07) is 7.73. The topological polar surface area (TPSA) is 58.7 Å². The highest BCUT2D eigenvalue weighted by Crippen LogP contribution is 2.43. The van der Waals surface area contributed by atoms with Gasteiger partial charge in [-0.1, -0.05) is 0 Å². The molecule has 0 radical (unpaired) electrons. The van der Waals surface area contributed by atoms with Gasteiger partial charge in [0.2, 0.25) is 0 Å². The second-order valence-corrected chi connectivity index (χ2v) is 5.30. The molecule has 19 heavy (non-hydrogen) atoms. The number of carbonyl (C=O) groups excluding carboxylic acids is 1. The summed E-state index contributed by atoms with van der Waals surface area (Å²) < 4.78 is 1.99. The number of hydrogen-bond acceptors (Lipinski definition) is 3. The van der Waals surface area contributed by atoms with Crippen LogP contribution < -0.4 is 0 Å². The van der Waals surface area contributed by atoms with Gasteiger partial charge in [-0.15, -0.1) is 0 Å². The maximum atomic E-state index is 12.5. The third kappa shape index (κ3) is 1.58. The standard InChI is InChI=1S/C15H15N3O/c1-10-17-12-8-11(4-5-13(12)18(10)2)14(19)15(9-16)6-3-7-15/h4-5,8H,3,6-7H2,1-2H3. The molecule has 3 rings (SSSR count). The second-order valence-electron chi connectivity index (χ2n) is 5.30. The zero-order valence-electron chi connectivity index (χ0n) is 11.1. The van der Waals surface area contributed by atoms with E-state index in [2.05, 4.69) is 11.1 Å². The fourth-order valence-electron chi connectivity index (χ4n) is 2.66. The molecule has 1 aromatic carbocycles. The number of nitrogens with zero attached hydrogens (tertiary/aromatic N) is 3. The van der Waals surface area contributed by atoms with Gasteiger partial charge in [-0.3, -0.25) is 4.79 Å². The number of aromatic nitrogens is 2. The largest absolute Gasteiger partial charge is 0.331 e. The first-order chi connectivity index (χ1) is 9.07. The Bertz CT molecular complexity index is 717. The van der Waals surface area contributed by atoms with Crippen LogP contribution in [-0.2, 0) is 7.05 Å². The number of fused-ring (bicyclic) bond motifs is 1. The van der Waals surface area contributed by atoms with Crippen LogP contribution >= 0.6 is 0 Å². The van der Waals surface area contributed by atoms with Crippen LogP contribution in [0.4, 0.5) is 0 Å². The Balaban J connectivity index is 2.07. The molecule has 1 aliphatic rings. The van der Waals surface area contributed by atoms with Gasteiger partial charge in [0.15, 0.2) is 5.78 Å². The van der Waals surface area contributed by atoms with Gasteiger partial charge in [-0.2, -0.15) is 5.26 Å². The minimum Gasteiger partial charge on any atom is -0.331 e. The Morgan fingerprint density at radius 2 is 2.21 bits per heavy atom. The van der Waals surface area contributed by atoms with Gasteiger partial charge in [0.1, 0.15) is 11.2 Å². The van der Waals surface area contributed by atoms with E-state index in [0.717, 1.165) is 23.3 Å². The van der Waals surface area contributed by atoms with E-state index < -0.39 is 5.41 Å². The molecule has 0 amide bonds. The van der Waals surface area contributed by atoms with Gasteiger partial charge in [-0.05, 0) is 44.4 Å². The summed E-state index contributed by atoms with van der Waals surface area (Å²) in [6.07, 6.45) is 2.33. The molecule has 0 N–H and O–H groups in total. The van der Waals surface area contributed by atoms with Crippen molar-refractivity contribution < 1.29 is 4.79 Å². The Morgan fingerprint density at radius 3 is 2.79 bits per heavy atom. The van der Waals surface area contributed by atoms with Crippen molar-refractivity contribution in [3.8, 4) is 6.07 Å². The normalized spacial score (nSPS) is 16.9. The van der Waals surface area contributed by atoms with Gasteiger partial charge < -0.3 is 4.57 Å². The molecule has 1 fully saturated rings. The van der Waals surface area contributed by atoms with Crippen molar-refractivity contribution in [2.24, 2.45) is 12.5 Å². The van der Waals surface area contributed by atoms with Crippen LogP contribution in [0.3, 0.4) is 0 Å². The highest BCUT2D eigenvalue weighted by Gasteiger charge is 2.44. The number of benzene rings is 1. The number of nitriles is 1. The molecule has 2 aromatic rings. The molecular formula is C15H15N3O. The first kappa shape index (κ1) is 11.9. The quantitative estimate of drug-likeness (QED) is 0.773. The van der Waals surface area contributed by atoms with Crippen LogP contribution in [0.1, 0.15) is 35.4 Å². The zero-order chi connectivity index (χ0) is 13.6. The van der Waals surface area contributed by atoms with Gasteiger partial charge in [-0.25, -0.2) is 4.98 Å². The number of aryl methyl sites for hydroxylation is 2. The number of hydrogen-bond donors (Lipinski definition) is 0. The number of Topliss-reactive ketones (excluding diaryl/α,β-unsaturated/α-hetero) is 1. The molecular weight excluding hydrogens is 238 g/mol. The van der Waals surface area contributed by atoms with Crippen LogP contribution in [0.2, 0.25) is 0 Å². The maximum absolute atomic E-state index is 12.5. The third-order valence-corrected chi connectivity index (χ3v) is 4.22.